The summed E-state index contributed by atoms with van der Waals surface area (Å²) in [4.78, 5) is 17.1. The van der Waals surface area contributed by atoms with Crippen LogP contribution in [0, 0.1) is 0 Å². The molecule has 3 nitrogen and oxygen atoms in total. The number of hydrogen-bond donors (Lipinski definition) is 0. The first-order valence-corrected chi connectivity index (χ1v) is 7.97. The summed E-state index contributed by atoms with van der Waals surface area (Å²) in [7, 11) is 0. The average Bonchev–Trinajstić information content (AvgIpc) is 2.53. The predicted octanol–water partition coefficient (Wildman–Crippen LogP) is 3.82. The molecule has 0 aliphatic carbocycles. The molecule has 1 fully saturated rings. The summed E-state index contributed by atoms with van der Waals surface area (Å²) < 4.78 is 0. The molecular formula is C17H24N2O. The van der Waals surface area contributed by atoms with Gasteiger partial charge < -0.3 is 4.90 Å². The molecular weight excluding hydrogens is 248 g/mol. The summed E-state index contributed by atoms with van der Waals surface area (Å²) in [5.74, 6) is 0. The summed E-state index contributed by atoms with van der Waals surface area (Å²) in [6.45, 7) is 3.99. The predicted molar refractivity (Wildman–Crippen MR) is 82.1 cm³/mol. The molecule has 1 saturated heterocycles. The van der Waals surface area contributed by atoms with Crippen molar-refractivity contribution >= 4 is 11.7 Å². The van der Waals surface area contributed by atoms with E-state index in [-0.39, 0.29) is 6.03 Å². The summed E-state index contributed by atoms with van der Waals surface area (Å²) in [5.41, 5.74) is 2.45. The molecule has 2 amide bonds. The Hall–Kier alpha value is -1.51. The van der Waals surface area contributed by atoms with Crippen LogP contribution in [-0.4, -0.2) is 30.1 Å². The fourth-order valence-corrected chi connectivity index (χ4v) is 3.56. The second-order valence-corrected chi connectivity index (χ2v) is 5.92. The van der Waals surface area contributed by atoms with Gasteiger partial charge >= 0.3 is 6.03 Å². The number of fused-ring (bicyclic) bond motifs is 1. The lowest BCUT2D eigenvalue weighted by atomic mass is 9.99. The maximum absolute atomic E-state index is 12.9. The first-order valence-electron chi connectivity index (χ1n) is 7.97. The Kier molecular flexibility index (Phi) is 3.95. The van der Waals surface area contributed by atoms with Gasteiger partial charge in [-0.3, -0.25) is 4.90 Å². The number of benzene rings is 1. The number of hydrogen-bond acceptors (Lipinski definition) is 1. The normalized spacial score (nSPS) is 22.6. The Morgan fingerprint density at radius 2 is 2.05 bits per heavy atom. The van der Waals surface area contributed by atoms with Crippen molar-refractivity contribution in [3.05, 3.63) is 29.8 Å². The van der Waals surface area contributed by atoms with Crippen molar-refractivity contribution in [3.63, 3.8) is 0 Å². The molecule has 0 saturated carbocycles. The SMILES string of the molecule is CCC1CCCCN1C(=O)N1CCCc2ccccc21. The molecule has 0 bridgehead atoms. The lowest BCUT2D eigenvalue weighted by molar-refractivity contribution is 0.154. The smallest absolute Gasteiger partial charge is 0.321 e. The average molecular weight is 272 g/mol. The van der Waals surface area contributed by atoms with Crippen LogP contribution in [-0.2, 0) is 6.42 Å². The number of urea groups is 1. The maximum atomic E-state index is 12.9. The number of para-hydroxylation sites is 1. The number of piperidine rings is 1. The molecule has 0 radical (unpaired) electrons. The highest BCUT2D eigenvalue weighted by Gasteiger charge is 2.31. The summed E-state index contributed by atoms with van der Waals surface area (Å²) in [6.07, 6.45) is 6.82. The van der Waals surface area contributed by atoms with E-state index < -0.39 is 0 Å². The number of anilines is 1. The van der Waals surface area contributed by atoms with E-state index in [1.807, 2.05) is 11.0 Å². The Bertz CT molecular complexity index is 486. The third-order valence-corrected chi connectivity index (χ3v) is 4.69. The topological polar surface area (TPSA) is 23.6 Å². The monoisotopic (exact) mass is 272 g/mol. The van der Waals surface area contributed by atoms with Gasteiger partial charge in [-0.05, 0) is 50.2 Å². The number of carbonyl (C=O) groups excluding carboxylic acids is 1. The minimum absolute atomic E-state index is 0.226. The third-order valence-electron chi connectivity index (χ3n) is 4.69. The van der Waals surface area contributed by atoms with Crippen LogP contribution in [0.25, 0.3) is 0 Å². The van der Waals surface area contributed by atoms with Crippen LogP contribution in [0.4, 0.5) is 10.5 Å². The number of aryl methyl sites for hydroxylation is 1. The Morgan fingerprint density at radius 1 is 1.20 bits per heavy atom. The van der Waals surface area contributed by atoms with Crippen molar-refractivity contribution in [2.45, 2.75) is 51.5 Å². The molecule has 3 rings (SSSR count). The lowest BCUT2D eigenvalue weighted by Gasteiger charge is -2.40. The molecule has 0 N–H and O–H groups in total. The molecule has 0 spiro atoms. The standard InChI is InChI=1S/C17H24N2O/c1-2-15-10-5-6-12-18(15)17(20)19-13-7-9-14-8-3-4-11-16(14)19/h3-4,8,11,15H,2,5-7,9-10,12-13H2,1H3. The molecule has 1 aromatic rings. The highest BCUT2D eigenvalue weighted by molar-refractivity contribution is 5.93. The second-order valence-electron chi connectivity index (χ2n) is 5.92. The van der Waals surface area contributed by atoms with Crippen molar-refractivity contribution in [3.8, 4) is 0 Å². The molecule has 1 aromatic carbocycles. The van der Waals surface area contributed by atoms with Crippen LogP contribution >= 0.6 is 0 Å². The zero-order chi connectivity index (χ0) is 13.9. The van der Waals surface area contributed by atoms with Crippen LogP contribution in [0.3, 0.4) is 0 Å². The van der Waals surface area contributed by atoms with Gasteiger partial charge in [-0.2, -0.15) is 0 Å². The van der Waals surface area contributed by atoms with Crippen LogP contribution in [0.1, 0.15) is 44.6 Å². The van der Waals surface area contributed by atoms with Crippen molar-refractivity contribution in [2.24, 2.45) is 0 Å². The van der Waals surface area contributed by atoms with Gasteiger partial charge in [-0.1, -0.05) is 25.1 Å². The van der Waals surface area contributed by atoms with Gasteiger partial charge in [-0.15, -0.1) is 0 Å². The first kappa shape index (κ1) is 13.5. The number of rotatable bonds is 1. The quantitative estimate of drug-likeness (QED) is 0.762. The van der Waals surface area contributed by atoms with Crippen LogP contribution < -0.4 is 4.90 Å². The van der Waals surface area contributed by atoms with E-state index in [1.54, 1.807) is 0 Å². The molecule has 108 valence electrons. The van der Waals surface area contributed by atoms with Gasteiger partial charge in [0.05, 0.1) is 0 Å². The van der Waals surface area contributed by atoms with Gasteiger partial charge in [0.1, 0.15) is 0 Å². The van der Waals surface area contributed by atoms with Gasteiger partial charge in [0.2, 0.25) is 0 Å². The molecule has 3 heteroatoms. The van der Waals surface area contributed by atoms with E-state index in [2.05, 4.69) is 30.0 Å². The van der Waals surface area contributed by atoms with E-state index in [4.69, 9.17) is 0 Å². The minimum Gasteiger partial charge on any atom is -0.321 e. The molecule has 20 heavy (non-hydrogen) atoms. The number of likely N-dealkylation sites (tertiary alicyclic amines) is 1. The largest absolute Gasteiger partial charge is 0.324 e. The fraction of sp³-hybridized carbons (Fsp3) is 0.588. The first-order chi connectivity index (χ1) is 9.81. The fourth-order valence-electron chi connectivity index (χ4n) is 3.56. The number of amides is 2. The molecule has 1 unspecified atom stereocenters. The van der Waals surface area contributed by atoms with Gasteiger partial charge in [0, 0.05) is 24.8 Å². The maximum Gasteiger partial charge on any atom is 0.324 e. The van der Waals surface area contributed by atoms with Crippen molar-refractivity contribution in [2.75, 3.05) is 18.0 Å². The van der Waals surface area contributed by atoms with Gasteiger partial charge in [-0.25, -0.2) is 4.79 Å². The van der Waals surface area contributed by atoms with Crippen LogP contribution in [0.15, 0.2) is 24.3 Å². The van der Waals surface area contributed by atoms with E-state index >= 15 is 0 Å². The highest BCUT2D eigenvalue weighted by Crippen LogP contribution is 2.29. The lowest BCUT2D eigenvalue weighted by Crippen LogP contribution is -2.51. The molecule has 2 aliphatic rings. The Balaban J connectivity index is 1.84. The highest BCUT2D eigenvalue weighted by atomic mass is 16.2. The molecule has 2 aliphatic heterocycles. The van der Waals surface area contributed by atoms with Gasteiger partial charge in [0.15, 0.2) is 0 Å². The summed E-state index contributed by atoms with van der Waals surface area (Å²) in [5, 5.41) is 0. The summed E-state index contributed by atoms with van der Waals surface area (Å²) in [6, 6.07) is 9.02. The van der Waals surface area contributed by atoms with Crippen molar-refractivity contribution in [1.82, 2.24) is 4.90 Å². The number of carbonyl (C=O) groups is 1. The van der Waals surface area contributed by atoms with Crippen molar-refractivity contribution < 1.29 is 4.79 Å². The van der Waals surface area contributed by atoms with Crippen molar-refractivity contribution in [1.29, 1.82) is 0 Å². The van der Waals surface area contributed by atoms with Crippen LogP contribution in [0.5, 0.6) is 0 Å². The second kappa shape index (κ2) is 5.86. The minimum atomic E-state index is 0.226. The van der Waals surface area contributed by atoms with E-state index in [0.717, 1.165) is 50.9 Å². The zero-order valence-corrected chi connectivity index (χ0v) is 12.3. The zero-order valence-electron chi connectivity index (χ0n) is 12.3. The van der Waals surface area contributed by atoms with E-state index in [9.17, 15) is 4.79 Å². The summed E-state index contributed by atoms with van der Waals surface area (Å²) >= 11 is 0. The molecule has 2 heterocycles. The van der Waals surface area contributed by atoms with E-state index in [0.29, 0.717) is 6.04 Å². The Morgan fingerprint density at radius 3 is 2.90 bits per heavy atom. The third kappa shape index (κ3) is 2.41. The van der Waals surface area contributed by atoms with Gasteiger partial charge in [0.25, 0.3) is 0 Å². The van der Waals surface area contributed by atoms with E-state index in [1.165, 1.54) is 12.0 Å². The van der Waals surface area contributed by atoms with Crippen LogP contribution in [0.2, 0.25) is 0 Å². The number of nitrogens with zero attached hydrogens (tertiary/aromatic N) is 2. The molecule has 1 atom stereocenters. The Labute approximate surface area is 121 Å². The molecule has 0 aromatic heterocycles.